The number of nitrogens with zero attached hydrogens (tertiary/aromatic N) is 3. The van der Waals surface area contributed by atoms with E-state index in [4.69, 9.17) is 4.74 Å². The van der Waals surface area contributed by atoms with Gasteiger partial charge in [0.2, 0.25) is 5.91 Å². The lowest BCUT2D eigenvalue weighted by Crippen LogP contribution is -2.60. The molecule has 0 aromatic rings. The predicted molar refractivity (Wildman–Crippen MR) is 110 cm³/mol. The van der Waals surface area contributed by atoms with Gasteiger partial charge < -0.3 is 20.3 Å². The highest BCUT2D eigenvalue weighted by Gasteiger charge is 2.40. The van der Waals surface area contributed by atoms with Crippen molar-refractivity contribution in [1.29, 1.82) is 0 Å². The molecule has 5 heterocycles. The number of rotatable bonds is 7. The van der Waals surface area contributed by atoms with Crippen molar-refractivity contribution < 1.29 is 9.53 Å². The van der Waals surface area contributed by atoms with Crippen molar-refractivity contribution >= 4 is 5.91 Å². The normalized spacial score (nSPS) is 37.1. The molecule has 5 rings (SSSR count). The van der Waals surface area contributed by atoms with Crippen molar-refractivity contribution in [3.8, 4) is 0 Å². The SMILES string of the molecule is COCC(=O)NCC1CC2CCN1CC2CN1CCN(C2CCCCN2)CC1. The Morgan fingerprint density at radius 3 is 2.64 bits per heavy atom. The molecule has 7 nitrogen and oxygen atoms in total. The fourth-order valence-electron chi connectivity index (χ4n) is 5.82. The summed E-state index contributed by atoms with van der Waals surface area (Å²) in [5.41, 5.74) is 0. The third-order valence-corrected chi connectivity index (χ3v) is 7.45. The number of carbonyl (C=O) groups excluding carboxylic acids is 1. The van der Waals surface area contributed by atoms with Crippen LogP contribution in [0.2, 0.25) is 0 Å². The lowest BCUT2D eigenvalue weighted by atomic mass is 9.75. The quantitative estimate of drug-likeness (QED) is 0.643. The number of hydrogen-bond donors (Lipinski definition) is 2. The lowest BCUT2D eigenvalue weighted by Gasteiger charge is -2.51. The second kappa shape index (κ2) is 9.85. The van der Waals surface area contributed by atoms with Crippen LogP contribution in [0.4, 0.5) is 0 Å². The predicted octanol–water partition coefficient (Wildman–Crippen LogP) is 0.177. The molecule has 2 N–H and O–H groups in total. The number of nitrogens with one attached hydrogen (secondary N) is 2. The van der Waals surface area contributed by atoms with Crippen LogP contribution in [0.15, 0.2) is 0 Å². The molecular weight excluding hydrogens is 354 g/mol. The Hall–Kier alpha value is -0.730. The molecule has 0 aromatic carbocycles. The number of piperazine rings is 1. The molecule has 160 valence electrons. The van der Waals surface area contributed by atoms with Gasteiger partial charge in [0.05, 0.1) is 6.17 Å². The van der Waals surface area contributed by atoms with Crippen LogP contribution in [0.5, 0.6) is 0 Å². The summed E-state index contributed by atoms with van der Waals surface area (Å²) in [4.78, 5) is 19.7. The minimum atomic E-state index is 0.00650. The molecule has 0 saturated carbocycles. The number of fused-ring (bicyclic) bond motifs is 3. The smallest absolute Gasteiger partial charge is 0.246 e. The summed E-state index contributed by atoms with van der Waals surface area (Å²) in [5.74, 6) is 1.64. The summed E-state index contributed by atoms with van der Waals surface area (Å²) in [6, 6.07) is 0.519. The molecule has 28 heavy (non-hydrogen) atoms. The molecule has 1 amide bonds. The molecule has 0 spiro atoms. The molecule has 5 unspecified atom stereocenters. The number of ether oxygens (including phenoxy) is 1. The average molecular weight is 394 g/mol. The molecule has 0 aromatic heterocycles. The summed E-state index contributed by atoms with van der Waals surface area (Å²) in [5, 5.41) is 6.75. The Morgan fingerprint density at radius 2 is 1.96 bits per heavy atom. The first-order chi connectivity index (χ1) is 13.7. The Balaban J connectivity index is 1.19. The van der Waals surface area contributed by atoms with Gasteiger partial charge in [-0.1, -0.05) is 0 Å². The summed E-state index contributed by atoms with van der Waals surface area (Å²) in [6.07, 6.45) is 7.24. The van der Waals surface area contributed by atoms with Gasteiger partial charge in [0.15, 0.2) is 0 Å². The second-order valence-electron chi connectivity index (χ2n) is 9.23. The average Bonchev–Trinajstić information content (AvgIpc) is 2.74. The molecule has 0 radical (unpaired) electrons. The van der Waals surface area contributed by atoms with Gasteiger partial charge in [0, 0.05) is 59.0 Å². The lowest BCUT2D eigenvalue weighted by molar-refractivity contribution is -0.125. The zero-order valence-corrected chi connectivity index (χ0v) is 17.6. The van der Waals surface area contributed by atoms with Crippen LogP contribution in [0.1, 0.15) is 32.1 Å². The van der Waals surface area contributed by atoms with Crippen LogP contribution >= 0.6 is 0 Å². The Kier molecular flexibility index (Phi) is 7.22. The second-order valence-corrected chi connectivity index (χ2v) is 9.23. The first-order valence-electron chi connectivity index (χ1n) is 11.4. The first kappa shape index (κ1) is 20.5. The van der Waals surface area contributed by atoms with E-state index >= 15 is 0 Å². The molecule has 5 fully saturated rings. The van der Waals surface area contributed by atoms with E-state index in [1.54, 1.807) is 7.11 Å². The Bertz CT molecular complexity index is 505. The van der Waals surface area contributed by atoms with Crippen molar-refractivity contribution in [2.45, 2.75) is 44.3 Å². The topological polar surface area (TPSA) is 60.1 Å². The van der Waals surface area contributed by atoms with E-state index in [1.807, 2.05) is 0 Å². The maximum absolute atomic E-state index is 11.7. The van der Waals surface area contributed by atoms with Gasteiger partial charge >= 0.3 is 0 Å². The van der Waals surface area contributed by atoms with Gasteiger partial charge in [-0.25, -0.2) is 0 Å². The zero-order chi connectivity index (χ0) is 19.3. The van der Waals surface area contributed by atoms with E-state index in [9.17, 15) is 4.79 Å². The molecule has 5 atom stereocenters. The molecule has 5 aliphatic heterocycles. The Labute approximate surface area is 170 Å². The summed E-state index contributed by atoms with van der Waals surface area (Å²) in [6.45, 7) is 10.7. The number of piperidine rings is 4. The highest BCUT2D eigenvalue weighted by atomic mass is 16.5. The van der Waals surface area contributed by atoms with E-state index in [-0.39, 0.29) is 12.5 Å². The van der Waals surface area contributed by atoms with Crippen LogP contribution in [0.3, 0.4) is 0 Å². The van der Waals surface area contributed by atoms with Crippen LogP contribution in [-0.2, 0) is 9.53 Å². The van der Waals surface area contributed by atoms with E-state index in [0.717, 1.165) is 18.4 Å². The molecule has 7 heteroatoms. The summed E-state index contributed by atoms with van der Waals surface area (Å²) in [7, 11) is 1.57. The fraction of sp³-hybridized carbons (Fsp3) is 0.952. The molecule has 2 bridgehead atoms. The number of hydrogen-bond acceptors (Lipinski definition) is 6. The zero-order valence-electron chi connectivity index (χ0n) is 17.6. The van der Waals surface area contributed by atoms with Crippen molar-refractivity contribution in [3.63, 3.8) is 0 Å². The van der Waals surface area contributed by atoms with Crippen molar-refractivity contribution in [3.05, 3.63) is 0 Å². The standard InChI is InChI=1S/C21H39N5O2/c1-28-16-21(27)23-13-19-12-17-5-7-26(19)15-18(17)14-24-8-10-25(11-9-24)20-4-2-3-6-22-20/h17-20,22H,2-16H2,1H3,(H,23,27). The fourth-order valence-corrected chi connectivity index (χ4v) is 5.82. The number of carbonyl (C=O) groups is 1. The largest absolute Gasteiger partial charge is 0.375 e. The first-order valence-corrected chi connectivity index (χ1v) is 11.4. The van der Waals surface area contributed by atoms with E-state index in [1.165, 1.54) is 84.5 Å². The Morgan fingerprint density at radius 1 is 1.11 bits per heavy atom. The summed E-state index contributed by atoms with van der Waals surface area (Å²) < 4.78 is 4.91. The highest BCUT2D eigenvalue weighted by molar-refractivity contribution is 5.77. The molecule has 5 aliphatic rings. The monoisotopic (exact) mass is 393 g/mol. The van der Waals surface area contributed by atoms with Gasteiger partial charge in [0.1, 0.15) is 6.61 Å². The van der Waals surface area contributed by atoms with Gasteiger partial charge in [-0.15, -0.1) is 0 Å². The van der Waals surface area contributed by atoms with Crippen LogP contribution in [0.25, 0.3) is 0 Å². The van der Waals surface area contributed by atoms with Crippen LogP contribution in [0, 0.1) is 11.8 Å². The summed E-state index contributed by atoms with van der Waals surface area (Å²) >= 11 is 0. The van der Waals surface area contributed by atoms with Gasteiger partial charge in [-0.05, 0) is 57.0 Å². The van der Waals surface area contributed by atoms with E-state index < -0.39 is 0 Å². The van der Waals surface area contributed by atoms with Crippen LogP contribution in [-0.4, -0.2) is 105 Å². The van der Waals surface area contributed by atoms with Crippen molar-refractivity contribution in [1.82, 2.24) is 25.3 Å². The number of amides is 1. The third-order valence-electron chi connectivity index (χ3n) is 7.45. The van der Waals surface area contributed by atoms with Crippen LogP contribution < -0.4 is 10.6 Å². The van der Waals surface area contributed by atoms with E-state index in [0.29, 0.717) is 12.2 Å². The molecule has 0 aliphatic carbocycles. The molecular formula is C21H39N5O2. The molecule has 5 saturated heterocycles. The van der Waals surface area contributed by atoms with E-state index in [2.05, 4.69) is 25.3 Å². The number of methoxy groups -OCH3 is 1. The maximum atomic E-state index is 11.7. The minimum absolute atomic E-state index is 0.00650. The van der Waals surface area contributed by atoms with Crippen molar-refractivity contribution in [2.75, 3.05) is 72.6 Å². The minimum Gasteiger partial charge on any atom is -0.375 e. The highest BCUT2D eigenvalue weighted by Crippen LogP contribution is 2.36. The van der Waals surface area contributed by atoms with Gasteiger partial charge in [-0.2, -0.15) is 0 Å². The van der Waals surface area contributed by atoms with Crippen molar-refractivity contribution in [2.24, 2.45) is 11.8 Å². The third kappa shape index (κ3) is 5.05. The maximum Gasteiger partial charge on any atom is 0.246 e. The van der Waals surface area contributed by atoms with Gasteiger partial charge in [-0.3, -0.25) is 14.6 Å². The van der Waals surface area contributed by atoms with Gasteiger partial charge in [0.25, 0.3) is 0 Å².